The van der Waals surface area contributed by atoms with Crippen molar-refractivity contribution in [3.05, 3.63) is 53.7 Å². The van der Waals surface area contributed by atoms with Crippen LogP contribution in [0.2, 0.25) is 0 Å². The van der Waals surface area contributed by atoms with E-state index in [0.717, 1.165) is 11.1 Å². The second-order valence-electron chi connectivity index (χ2n) is 4.18. The van der Waals surface area contributed by atoms with Gasteiger partial charge in [0.05, 0.1) is 4.90 Å². The molecule has 0 aliphatic carbocycles. The maximum absolute atomic E-state index is 12.2. The number of nitrogens with zero attached hydrogens (tertiary/aromatic N) is 1. The van der Waals surface area contributed by atoms with Gasteiger partial charge in [0.1, 0.15) is 5.82 Å². The third-order valence-electron chi connectivity index (χ3n) is 2.59. The van der Waals surface area contributed by atoms with Crippen LogP contribution in [0.3, 0.4) is 0 Å². The summed E-state index contributed by atoms with van der Waals surface area (Å²) in [5.41, 5.74) is 7.23. The van der Waals surface area contributed by atoms with Gasteiger partial charge in [-0.05, 0) is 36.2 Å². The molecule has 0 bridgehead atoms. The first-order valence-corrected chi connectivity index (χ1v) is 7.24. The quantitative estimate of drug-likeness (QED) is 0.889. The molecule has 1 aromatic carbocycles. The highest BCUT2D eigenvalue weighted by Crippen LogP contribution is 2.15. The van der Waals surface area contributed by atoms with Crippen molar-refractivity contribution in [2.45, 2.75) is 18.4 Å². The minimum Gasteiger partial charge on any atom is -0.326 e. The lowest BCUT2D eigenvalue weighted by Crippen LogP contribution is -2.14. The maximum atomic E-state index is 12.2. The number of aryl methyl sites for hydroxylation is 1. The molecular formula is C13H15N3O2S. The Morgan fingerprint density at radius 2 is 2.05 bits per heavy atom. The zero-order chi connectivity index (χ0) is 13.9. The van der Waals surface area contributed by atoms with Crippen molar-refractivity contribution in [3.8, 4) is 0 Å². The SMILES string of the molecule is Cc1ccc(NS(=O)(=O)c2cccc(CN)c2)nc1. The lowest BCUT2D eigenvalue weighted by molar-refractivity contribution is 0.601. The molecule has 0 unspecified atom stereocenters. The summed E-state index contributed by atoms with van der Waals surface area (Å²) in [6, 6.07) is 9.94. The second kappa shape index (κ2) is 5.38. The van der Waals surface area contributed by atoms with Gasteiger partial charge in [0, 0.05) is 12.7 Å². The van der Waals surface area contributed by atoms with Crippen molar-refractivity contribution in [2.24, 2.45) is 5.73 Å². The van der Waals surface area contributed by atoms with Crippen LogP contribution in [0.25, 0.3) is 0 Å². The number of rotatable bonds is 4. The van der Waals surface area contributed by atoms with Crippen molar-refractivity contribution in [3.63, 3.8) is 0 Å². The highest BCUT2D eigenvalue weighted by atomic mass is 32.2. The molecule has 1 aromatic heterocycles. The van der Waals surface area contributed by atoms with Crippen LogP contribution in [-0.4, -0.2) is 13.4 Å². The Labute approximate surface area is 112 Å². The normalized spacial score (nSPS) is 11.3. The summed E-state index contributed by atoms with van der Waals surface area (Å²) in [7, 11) is -3.63. The van der Waals surface area contributed by atoms with Crippen LogP contribution in [0.5, 0.6) is 0 Å². The average Bonchev–Trinajstić information content (AvgIpc) is 2.41. The van der Waals surface area contributed by atoms with Crippen molar-refractivity contribution >= 4 is 15.8 Å². The summed E-state index contributed by atoms with van der Waals surface area (Å²) < 4.78 is 26.8. The molecule has 19 heavy (non-hydrogen) atoms. The molecule has 0 aliphatic rings. The lowest BCUT2D eigenvalue weighted by atomic mass is 10.2. The standard InChI is InChI=1S/C13H15N3O2S/c1-10-5-6-13(15-9-10)16-19(17,18)12-4-2-3-11(7-12)8-14/h2-7,9H,8,14H2,1H3,(H,15,16). The van der Waals surface area contributed by atoms with Crippen LogP contribution in [-0.2, 0) is 16.6 Å². The molecule has 0 amide bonds. The summed E-state index contributed by atoms with van der Waals surface area (Å²) in [5, 5.41) is 0. The molecule has 2 rings (SSSR count). The van der Waals surface area contributed by atoms with E-state index in [1.807, 2.05) is 6.92 Å². The van der Waals surface area contributed by atoms with Gasteiger partial charge >= 0.3 is 0 Å². The summed E-state index contributed by atoms with van der Waals surface area (Å²) in [4.78, 5) is 4.20. The minimum absolute atomic E-state index is 0.179. The van der Waals surface area contributed by atoms with Crippen molar-refractivity contribution < 1.29 is 8.42 Å². The molecule has 0 aliphatic heterocycles. The monoisotopic (exact) mass is 277 g/mol. The lowest BCUT2D eigenvalue weighted by Gasteiger charge is -2.08. The van der Waals surface area contributed by atoms with Gasteiger partial charge < -0.3 is 5.73 Å². The largest absolute Gasteiger partial charge is 0.326 e. The smallest absolute Gasteiger partial charge is 0.263 e. The third-order valence-corrected chi connectivity index (χ3v) is 3.95. The van der Waals surface area contributed by atoms with E-state index in [4.69, 9.17) is 5.73 Å². The van der Waals surface area contributed by atoms with Crippen molar-refractivity contribution in [1.29, 1.82) is 0 Å². The molecule has 0 fully saturated rings. The number of hydrogen-bond acceptors (Lipinski definition) is 4. The van der Waals surface area contributed by atoms with Crippen LogP contribution >= 0.6 is 0 Å². The Bertz CT molecular complexity index is 667. The third kappa shape index (κ3) is 3.30. The number of sulfonamides is 1. The van der Waals surface area contributed by atoms with Gasteiger partial charge in [0.2, 0.25) is 0 Å². The zero-order valence-electron chi connectivity index (χ0n) is 10.5. The predicted octanol–water partition coefficient (Wildman–Crippen LogP) is 1.65. The summed E-state index contributed by atoms with van der Waals surface area (Å²) in [5.74, 6) is 0.295. The number of benzene rings is 1. The summed E-state index contributed by atoms with van der Waals surface area (Å²) in [6.07, 6.45) is 1.61. The first-order chi connectivity index (χ1) is 9.01. The van der Waals surface area contributed by atoms with E-state index in [1.165, 1.54) is 6.07 Å². The van der Waals surface area contributed by atoms with Gasteiger partial charge in [-0.1, -0.05) is 18.2 Å². The fourth-order valence-electron chi connectivity index (χ4n) is 1.56. The molecule has 100 valence electrons. The van der Waals surface area contributed by atoms with E-state index in [1.54, 1.807) is 36.5 Å². The van der Waals surface area contributed by atoms with Gasteiger partial charge in [-0.2, -0.15) is 0 Å². The van der Waals surface area contributed by atoms with Crippen LogP contribution in [0.15, 0.2) is 47.5 Å². The number of anilines is 1. The molecule has 0 saturated carbocycles. The molecule has 1 heterocycles. The number of hydrogen-bond donors (Lipinski definition) is 2. The minimum atomic E-state index is -3.63. The average molecular weight is 277 g/mol. The molecule has 0 saturated heterocycles. The summed E-state index contributed by atoms with van der Waals surface area (Å²) >= 11 is 0. The first kappa shape index (κ1) is 13.5. The van der Waals surface area contributed by atoms with E-state index < -0.39 is 10.0 Å². The zero-order valence-corrected chi connectivity index (χ0v) is 11.3. The molecule has 0 radical (unpaired) electrons. The van der Waals surface area contributed by atoms with Gasteiger partial charge in [-0.25, -0.2) is 13.4 Å². The fraction of sp³-hybridized carbons (Fsp3) is 0.154. The second-order valence-corrected chi connectivity index (χ2v) is 5.86. The molecule has 3 N–H and O–H groups in total. The van der Waals surface area contributed by atoms with Gasteiger partial charge in [0.25, 0.3) is 10.0 Å². The molecule has 0 atom stereocenters. The maximum Gasteiger partial charge on any atom is 0.263 e. The van der Waals surface area contributed by atoms with E-state index in [0.29, 0.717) is 12.4 Å². The molecule has 2 aromatic rings. The van der Waals surface area contributed by atoms with Crippen molar-refractivity contribution in [2.75, 3.05) is 4.72 Å². The van der Waals surface area contributed by atoms with Crippen LogP contribution in [0.1, 0.15) is 11.1 Å². The van der Waals surface area contributed by atoms with Crippen LogP contribution in [0, 0.1) is 6.92 Å². The Hall–Kier alpha value is -1.92. The molecule has 5 nitrogen and oxygen atoms in total. The topological polar surface area (TPSA) is 85.1 Å². The van der Waals surface area contributed by atoms with Gasteiger partial charge in [-0.15, -0.1) is 0 Å². The van der Waals surface area contributed by atoms with E-state index >= 15 is 0 Å². The fourth-order valence-corrected chi connectivity index (χ4v) is 2.64. The number of nitrogens with two attached hydrogens (primary N) is 1. The summed E-state index contributed by atoms with van der Waals surface area (Å²) in [6.45, 7) is 2.18. The van der Waals surface area contributed by atoms with Crippen molar-refractivity contribution in [1.82, 2.24) is 4.98 Å². The highest BCUT2D eigenvalue weighted by Gasteiger charge is 2.14. The van der Waals surface area contributed by atoms with E-state index in [-0.39, 0.29) is 4.90 Å². The highest BCUT2D eigenvalue weighted by molar-refractivity contribution is 7.92. The Morgan fingerprint density at radius 3 is 2.68 bits per heavy atom. The molecular weight excluding hydrogens is 262 g/mol. The van der Waals surface area contributed by atoms with Crippen LogP contribution < -0.4 is 10.5 Å². The Balaban J connectivity index is 2.29. The Morgan fingerprint density at radius 1 is 1.26 bits per heavy atom. The number of nitrogens with one attached hydrogen (secondary N) is 1. The van der Waals surface area contributed by atoms with Crippen LogP contribution in [0.4, 0.5) is 5.82 Å². The Kier molecular flexibility index (Phi) is 3.82. The van der Waals surface area contributed by atoms with E-state index in [9.17, 15) is 8.42 Å². The molecule has 0 spiro atoms. The predicted molar refractivity (Wildman–Crippen MR) is 74.1 cm³/mol. The van der Waals surface area contributed by atoms with Gasteiger partial charge in [-0.3, -0.25) is 4.72 Å². The van der Waals surface area contributed by atoms with Gasteiger partial charge in [0.15, 0.2) is 0 Å². The molecule has 6 heteroatoms. The van der Waals surface area contributed by atoms with E-state index in [2.05, 4.69) is 9.71 Å². The number of pyridine rings is 1. The number of aromatic nitrogens is 1. The first-order valence-electron chi connectivity index (χ1n) is 5.76.